The number of hydrogen-bond acceptors (Lipinski definition) is 2. The number of hydrogen-bond donors (Lipinski definition) is 1. The van der Waals surface area contributed by atoms with Crippen LogP contribution in [-0.4, -0.2) is 17.7 Å². The Balaban J connectivity index is 1.92. The van der Waals surface area contributed by atoms with Gasteiger partial charge in [0.1, 0.15) is 5.82 Å². The van der Waals surface area contributed by atoms with E-state index in [-0.39, 0.29) is 12.0 Å². The molecular weight excluding hydrogens is 434 g/mol. The number of carbonyl (C=O) groups is 2. The van der Waals surface area contributed by atoms with Crippen molar-refractivity contribution in [2.75, 3.05) is 0 Å². The fourth-order valence-electron chi connectivity index (χ4n) is 3.86. The molecule has 0 saturated heterocycles. The molecule has 0 saturated carbocycles. The molecule has 172 valence electrons. The Kier molecular flexibility index (Phi) is 7.01. The Labute approximate surface area is 189 Å². The monoisotopic (exact) mass is 457 g/mol. The van der Waals surface area contributed by atoms with Crippen LogP contribution in [0.15, 0.2) is 60.7 Å². The van der Waals surface area contributed by atoms with E-state index >= 15 is 0 Å². The van der Waals surface area contributed by atoms with Gasteiger partial charge in [0, 0.05) is 17.5 Å². The van der Waals surface area contributed by atoms with Crippen molar-refractivity contribution in [3.05, 3.63) is 105 Å². The molecule has 0 radical (unpaired) electrons. The lowest BCUT2D eigenvalue weighted by Crippen LogP contribution is -2.43. The molecule has 0 bridgehead atoms. The zero-order valence-corrected chi connectivity index (χ0v) is 18.4. The van der Waals surface area contributed by atoms with Crippen LogP contribution in [0.2, 0.25) is 0 Å². The Morgan fingerprint density at radius 3 is 1.94 bits per heavy atom. The van der Waals surface area contributed by atoms with Gasteiger partial charge in [-0.15, -0.1) is 0 Å². The van der Waals surface area contributed by atoms with Crippen LogP contribution < -0.4 is 5.32 Å². The molecule has 3 nitrogen and oxygen atoms in total. The molecule has 0 aliphatic heterocycles. The first-order valence-corrected chi connectivity index (χ1v) is 10.3. The molecule has 1 amide bonds. The number of benzene rings is 3. The van der Waals surface area contributed by atoms with E-state index < -0.39 is 35.3 Å². The Morgan fingerprint density at radius 1 is 0.879 bits per heavy atom. The smallest absolute Gasteiger partial charge is 0.341 e. The first-order chi connectivity index (χ1) is 15.5. The highest BCUT2D eigenvalue weighted by Gasteiger charge is 2.30. The van der Waals surface area contributed by atoms with Gasteiger partial charge >= 0.3 is 6.18 Å². The second kappa shape index (κ2) is 9.57. The van der Waals surface area contributed by atoms with Crippen LogP contribution in [0, 0.1) is 26.6 Å². The van der Waals surface area contributed by atoms with Crippen LogP contribution in [-0.2, 0) is 12.6 Å². The molecule has 1 N–H and O–H groups in total. The second-order valence-electron chi connectivity index (χ2n) is 8.07. The fraction of sp³-hybridized carbons (Fsp3) is 0.231. The molecule has 0 fully saturated rings. The molecule has 0 aromatic heterocycles. The summed E-state index contributed by atoms with van der Waals surface area (Å²) < 4.78 is 52.0. The topological polar surface area (TPSA) is 46.2 Å². The third-order valence-electron chi connectivity index (χ3n) is 5.38. The maximum Gasteiger partial charge on any atom is 0.416 e. The maximum atomic E-state index is 13.3. The number of aryl methyl sites for hydroxylation is 3. The van der Waals surface area contributed by atoms with E-state index in [1.54, 1.807) is 13.8 Å². The van der Waals surface area contributed by atoms with Crippen LogP contribution in [0.5, 0.6) is 0 Å². The Morgan fingerprint density at radius 2 is 1.42 bits per heavy atom. The molecule has 0 spiro atoms. The van der Waals surface area contributed by atoms with Crippen molar-refractivity contribution in [2.24, 2.45) is 0 Å². The summed E-state index contributed by atoms with van der Waals surface area (Å²) in [6, 6.07) is 12.0. The normalized spacial score (nSPS) is 12.3. The van der Waals surface area contributed by atoms with Crippen LogP contribution in [0.1, 0.15) is 48.5 Å². The molecule has 1 atom stereocenters. The van der Waals surface area contributed by atoms with Gasteiger partial charge in [0.2, 0.25) is 0 Å². The second-order valence-corrected chi connectivity index (χ2v) is 8.07. The quantitative estimate of drug-likeness (QED) is 0.365. The number of rotatable bonds is 6. The summed E-state index contributed by atoms with van der Waals surface area (Å²) in [5.74, 6) is -1.44. The number of amides is 1. The van der Waals surface area contributed by atoms with E-state index in [1.165, 1.54) is 24.3 Å². The van der Waals surface area contributed by atoms with Crippen molar-refractivity contribution in [3.63, 3.8) is 0 Å². The summed E-state index contributed by atoms with van der Waals surface area (Å²) in [5, 5.41) is 2.74. The molecule has 33 heavy (non-hydrogen) atoms. The van der Waals surface area contributed by atoms with Crippen LogP contribution in [0.3, 0.4) is 0 Å². The van der Waals surface area contributed by atoms with Gasteiger partial charge in [0.05, 0.1) is 11.6 Å². The van der Waals surface area contributed by atoms with E-state index in [0.717, 1.165) is 41.0 Å². The number of carbonyl (C=O) groups excluding carboxylic acids is 2. The van der Waals surface area contributed by atoms with E-state index in [0.29, 0.717) is 11.1 Å². The van der Waals surface area contributed by atoms with Gasteiger partial charge in [0.15, 0.2) is 5.78 Å². The Bertz CT molecular complexity index is 1140. The summed E-state index contributed by atoms with van der Waals surface area (Å²) in [7, 11) is 0. The molecule has 0 heterocycles. The Hall–Kier alpha value is -3.48. The van der Waals surface area contributed by atoms with E-state index in [4.69, 9.17) is 0 Å². The average molecular weight is 457 g/mol. The summed E-state index contributed by atoms with van der Waals surface area (Å²) >= 11 is 0. The zero-order chi connectivity index (χ0) is 24.3. The molecule has 3 aromatic carbocycles. The first kappa shape index (κ1) is 24.2. The standard InChI is InChI=1S/C26H23F4NO2/c1-15-12-16(2)23(17(3)13-15)25(33)31-22(24(32)19-6-10-21(27)11-7-19)14-18-4-8-20(9-5-18)26(28,29)30/h4-13,22H,14H2,1-3H3,(H,31,33). The van der Waals surface area contributed by atoms with Crippen LogP contribution in [0.4, 0.5) is 17.6 Å². The number of nitrogens with one attached hydrogen (secondary N) is 1. The van der Waals surface area contributed by atoms with Crippen molar-refractivity contribution in [1.29, 1.82) is 0 Å². The average Bonchev–Trinajstić information content (AvgIpc) is 2.72. The van der Waals surface area contributed by atoms with Gasteiger partial charge in [-0.2, -0.15) is 13.2 Å². The van der Waals surface area contributed by atoms with Gasteiger partial charge in [-0.25, -0.2) is 4.39 Å². The van der Waals surface area contributed by atoms with E-state index in [9.17, 15) is 27.2 Å². The first-order valence-electron chi connectivity index (χ1n) is 10.3. The van der Waals surface area contributed by atoms with Crippen LogP contribution in [0.25, 0.3) is 0 Å². The maximum absolute atomic E-state index is 13.3. The third kappa shape index (κ3) is 5.86. The highest BCUT2D eigenvalue weighted by molar-refractivity contribution is 6.05. The zero-order valence-electron chi connectivity index (χ0n) is 18.4. The van der Waals surface area contributed by atoms with Crippen molar-refractivity contribution in [3.8, 4) is 0 Å². The van der Waals surface area contributed by atoms with Crippen LogP contribution >= 0.6 is 0 Å². The van der Waals surface area contributed by atoms with Gasteiger partial charge in [-0.05, 0) is 73.9 Å². The SMILES string of the molecule is Cc1cc(C)c(C(=O)NC(Cc2ccc(C(F)(F)F)cc2)C(=O)c2ccc(F)cc2)c(C)c1. The lowest BCUT2D eigenvalue weighted by molar-refractivity contribution is -0.137. The largest absolute Gasteiger partial charge is 0.416 e. The lowest BCUT2D eigenvalue weighted by Gasteiger charge is -2.20. The summed E-state index contributed by atoms with van der Waals surface area (Å²) in [6.45, 7) is 5.50. The summed E-state index contributed by atoms with van der Waals surface area (Å²) in [4.78, 5) is 26.3. The highest BCUT2D eigenvalue weighted by Crippen LogP contribution is 2.29. The molecule has 0 aliphatic carbocycles. The van der Waals surface area contributed by atoms with Gasteiger partial charge in [-0.3, -0.25) is 9.59 Å². The summed E-state index contributed by atoms with van der Waals surface area (Å²) in [5.41, 5.74) is 2.74. The molecular formula is C26H23F4NO2. The predicted molar refractivity (Wildman–Crippen MR) is 118 cm³/mol. The third-order valence-corrected chi connectivity index (χ3v) is 5.38. The number of ketones is 1. The summed E-state index contributed by atoms with van der Waals surface area (Å²) in [6.07, 6.45) is -4.50. The minimum atomic E-state index is -4.48. The van der Waals surface area contributed by atoms with Gasteiger partial charge < -0.3 is 5.32 Å². The van der Waals surface area contributed by atoms with Gasteiger partial charge in [0.25, 0.3) is 5.91 Å². The fourth-order valence-corrected chi connectivity index (χ4v) is 3.86. The number of halogens is 4. The predicted octanol–water partition coefficient (Wildman–Crippen LogP) is 5.99. The molecule has 7 heteroatoms. The van der Waals surface area contributed by atoms with Crippen molar-refractivity contribution in [1.82, 2.24) is 5.32 Å². The van der Waals surface area contributed by atoms with Crippen molar-refractivity contribution in [2.45, 2.75) is 39.4 Å². The molecule has 3 rings (SSSR count). The molecule has 1 unspecified atom stereocenters. The number of alkyl halides is 3. The van der Waals surface area contributed by atoms with Crippen molar-refractivity contribution < 1.29 is 27.2 Å². The van der Waals surface area contributed by atoms with Crippen molar-refractivity contribution >= 4 is 11.7 Å². The van der Waals surface area contributed by atoms with Gasteiger partial charge in [-0.1, -0.05) is 29.8 Å². The minimum Gasteiger partial charge on any atom is -0.341 e. The minimum absolute atomic E-state index is 0.0238. The lowest BCUT2D eigenvalue weighted by atomic mass is 9.95. The number of Topliss-reactive ketones (excluding diaryl/α,β-unsaturated/α-hetero) is 1. The van der Waals surface area contributed by atoms with E-state index in [1.807, 2.05) is 19.1 Å². The van der Waals surface area contributed by atoms with E-state index in [2.05, 4.69) is 5.32 Å². The molecule has 3 aromatic rings. The molecule has 0 aliphatic rings. The highest BCUT2D eigenvalue weighted by atomic mass is 19.4.